The average molecular weight is 245 g/mol. The molecule has 0 radical (unpaired) electrons. The van der Waals surface area contributed by atoms with Crippen molar-refractivity contribution >= 4 is 5.69 Å². The molecule has 0 saturated heterocycles. The van der Waals surface area contributed by atoms with Gasteiger partial charge in [-0.05, 0) is 12.1 Å². The van der Waals surface area contributed by atoms with Crippen molar-refractivity contribution in [1.29, 1.82) is 5.26 Å². The van der Waals surface area contributed by atoms with Crippen LogP contribution in [0.5, 0.6) is 0 Å². The lowest BCUT2D eigenvalue weighted by Gasteiger charge is -2.25. The van der Waals surface area contributed by atoms with E-state index >= 15 is 0 Å². The van der Waals surface area contributed by atoms with E-state index in [2.05, 4.69) is 4.98 Å². The minimum absolute atomic E-state index is 0.0707. The molecule has 1 aromatic rings. The van der Waals surface area contributed by atoms with E-state index in [9.17, 15) is 13.2 Å². The summed E-state index contributed by atoms with van der Waals surface area (Å²) in [6.07, 6.45) is -3.08. The number of rotatable bonds is 4. The zero-order valence-electron chi connectivity index (χ0n) is 8.78. The molecule has 0 aliphatic heterocycles. The quantitative estimate of drug-likeness (QED) is 0.868. The van der Waals surface area contributed by atoms with Crippen LogP contribution in [-0.4, -0.2) is 36.0 Å². The third-order valence-electron chi connectivity index (χ3n) is 1.97. The van der Waals surface area contributed by atoms with E-state index in [0.29, 0.717) is 0 Å². The number of nitrogens with zero attached hydrogens (tertiary/aromatic N) is 3. The van der Waals surface area contributed by atoms with Crippen molar-refractivity contribution in [2.75, 3.05) is 24.6 Å². The fourth-order valence-electron chi connectivity index (χ4n) is 1.36. The van der Waals surface area contributed by atoms with Gasteiger partial charge in [-0.3, -0.25) is 0 Å². The number of aliphatic hydroxyl groups is 1. The van der Waals surface area contributed by atoms with E-state index in [1.165, 1.54) is 18.3 Å². The molecule has 1 rings (SSSR count). The van der Waals surface area contributed by atoms with E-state index in [4.69, 9.17) is 10.4 Å². The normalized spacial score (nSPS) is 11.0. The molecule has 92 valence electrons. The van der Waals surface area contributed by atoms with Crippen LogP contribution in [0.1, 0.15) is 5.69 Å². The molecule has 1 N–H and O–H groups in total. The van der Waals surface area contributed by atoms with E-state index in [1.54, 1.807) is 6.07 Å². The molecule has 0 spiro atoms. The van der Waals surface area contributed by atoms with Crippen molar-refractivity contribution in [1.82, 2.24) is 4.98 Å². The highest BCUT2D eigenvalue weighted by atomic mass is 19.4. The Morgan fingerprint density at radius 2 is 2.18 bits per heavy atom. The Hall–Kier alpha value is -1.81. The molecule has 0 bridgehead atoms. The molecule has 17 heavy (non-hydrogen) atoms. The third-order valence-corrected chi connectivity index (χ3v) is 1.97. The number of pyridine rings is 1. The van der Waals surface area contributed by atoms with E-state index < -0.39 is 19.3 Å². The molecule has 7 heteroatoms. The first-order valence-electron chi connectivity index (χ1n) is 4.75. The van der Waals surface area contributed by atoms with E-state index in [0.717, 1.165) is 4.90 Å². The number of aliphatic hydroxyl groups excluding tert-OH is 1. The highest BCUT2D eigenvalue weighted by molar-refractivity contribution is 5.55. The molecule has 0 aliphatic carbocycles. The first-order valence-corrected chi connectivity index (χ1v) is 4.75. The smallest absolute Gasteiger partial charge is 0.395 e. The summed E-state index contributed by atoms with van der Waals surface area (Å²) in [6, 6.07) is 4.53. The second-order valence-electron chi connectivity index (χ2n) is 3.24. The Bertz CT molecular complexity index is 414. The highest BCUT2D eigenvalue weighted by Gasteiger charge is 2.31. The summed E-state index contributed by atoms with van der Waals surface area (Å²) in [5.41, 5.74) is -0.0217. The van der Waals surface area contributed by atoms with Gasteiger partial charge in [-0.2, -0.15) is 18.4 Å². The molecule has 0 aliphatic rings. The van der Waals surface area contributed by atoms with Gasteiger partial charge in [0.15, 0.2) is 5.69 Å². The predicted octanol–water partition coefficient (Wildman–Crippen LogP) is 1.31. The second kappa shape index (κ2) is 5.50. The van der Waals surface area contributed by atoms with Gasteiger partial charge in [0.2, 0.25) is 0 Å². The van der Waals surface area contributed by atoms with Crippen LogP contribution >= 0.6 is 0 Å². The van der Waals surface area contributed by atoms with Crippen molar-refractivity contribution in [2.45, 2.75) is 6.18 Å². The molecular weight excluding hydrogens is 235 g/mol. The van der Waals surface area contributed by atoms with Gasteiger partial charge in [0, 0.05) is 12.7 Å². The molecule has 1 heterocycles. The van der Waals surface area contributed by atoms with Gasteiger partial charge >= 0.3 is 6.18 Å². The van der Waals surface area contributed by atoms with Gasteiger partial charge in [0.1, 0.15) is 12.6 Å². The molecule has 0 saturated carbocycles. The van der Waals surface area contributed by atoms with Crippen LogP contribution in [0.2, 0.25) is 0 Å². The van der Waals surface area contributed by atoms with Crippen LogP contribution in [0.15, 0.2) is 18.3 Å². The number of halogens is 3. The minimum atomic E-state index is -4.41. The Labute approximate surface area is 95.9 Å². The fraction of sp³-hybridized carbons (Fsp3) is 0.400. The second-order valence-corrected chi connectivity index (χ2v) is 3.24. The first kappa shape index (κ1) is 13.3. The van der Waals surface area contributed by atoms with Crippen LogP contribution in [-0.2, 0) is 0 Å². The topological polar surface area (TPSA) is 60.2 Å². The maximum Gasteiger partial charge on any atom is 0.405 e. The maximum absolute atomic E-state index is 12.3. The lowest BCUT2D eigenvalue weighted by Crippen LogP contribution is -2.36. The lowest BCUT2D eigenvalue weighted by atomic mass is 10.2. The maximum atomic E-state index is 12.3. The van der Waals surface area contributed by atoms with Gasteiger partial charge in [-0.15, -0.1) is 0 Å². The Morgan fingerprint density at radius 3 is 2.71 bits per heavy atom. The van der Waals surface area contributed by atoms with Gasteiger partial charge in [-0.25, -0.2) is 4.98 Å². The predicted molar refractivity (Wildman–Crippen MR) is 54.3 cm³/mol. The standard InChI is InChI=1S/C10H10F3N3O/c11-10(12,13)7-16(4-5-17)9-2-1-3-15-8(9)6-14/h1-3,17H,4-5,7H2. The summed E-state index contributed by atoms with van der Waals surface area (Å²) in [4.78, 5) is 4.56. The van der Waals surface area contributed by atoms with E-state index in [1.807, 2.05) is 0 Å². The van der Waals surface area contributed by atoms with Crippen molar-refractivity contribution in [2.24, 2.45) is 0 Å². The summed E-state index contributed by atoms with van der Waals surface area (Å²) >= 11 is 0. The largest absolute Gasteiger partial charge is 0.405 e. The summed E-state index contributed by atoms with van der Waals surface area (Å²) in [5.74, 6) is 0. The summed E-state index contributed by atoms with van der Waals surface area (Å²) < 4.78 is 37.0. The SMILES string of the molecule is N#Cc1ncccc1N(CCO)CC(F)(F)F. The number of aromatic nitrogens is 1. The van der Waals surface area contributed by atoms with Crippen molar-refractivity contribution in [3.05, 3.63) is 24.0 Å². The molecule has 0 atom stereocenters. The summed E-state index contributed by atoms with van der Waals surface area (Å²) in [6.45, 7) is -1.87. The highest BCUT2D eigenvalue weighted by Crippen LogP contribution is 2.23. The Kier molecular flexibility index (Phi) is 4.29. The van der Waals surface area contributed by atoms with Crippen LogP contribution in [0.4, 0.5) is 18.9 Å². The minimum Gasteiger partial charge on any atom is -0.395 e. The molecule has 0 unspecified atom stereocenters. The van der Waals surface area contributed by atoms with Crippen molar-refractivity contribution in [3.63, 3.8) is 0 Å². The van der Waals surface area contributed by atoms with Crippen LogP contribution in [0.25, 0.3) is 0 Å². The average Bonchev–Trinajstić information content (AvgIpc) is 2.27. The van der Waals surface area contributed by atoms with Crippen LogP contribution in [0, 0.1) is 11.3 Å². The Morgan fingerprint density at radius 1 is 1.47 bits per heavy atom. The Balaban J connectivity index is 3.01. The van der Waals surface area contributed by atoms with Gasteiger partial charge in [-0.1, -0.05) is 0 Å². The summed E-state index contributed by atoms with van der Waals surface area (Å²) in [7, 11) is 0. The van der Waals surface area contributed by atoms with Gasteiger partial charge in [0.05, 0.1) is 12.3 Å². The number of anilines is 1. The fourth-order valence-corrected chi connectivity index (χ4v) is 1.36. The molecule has 0 fully saturated rings. The van der Waals surface area contributed by atoms with E-state index in [-0.39, 0.29) is 17.9 Å². The van der Waals surface area contributed by atoms with Gasteiger partial charge in [0.25, 0.3) is 0 Å². The molecule has 0 aromatic carbocycles. The molecule has 1 aromatic heterocycles. The van der Waals surface area contributed by atoms with Crippen molar-refractivity contribution < 1.29 is 18.3 Å². The summed E-state index contributed by atoms with van der Waals surface area (Å²) in [5, 5.41) is 17.5. The third kappa shape index (κ3) is 3.92. The lowest BCUT2D eigenvalue weighted by molar-refractivity contribution is -0.119. The number of nitriles is 1. The molecular formula is C10H10F3N3O. The monoisotopic (exact) mass is 245 g/mol. The number of hydrogen-bond donors (Lipinski definition) is 1. The van der Waals surface area contributed by atoms with Crippen LogP contribution < -0.4 is 4.90 Å². The zero-order valence-corrected chi connectivity index (χ0v) is 8.78. The molecule has 4 nitrogen and oxygen atoms in total. The molecule has 0 amide bonds. The zero-order chi connectivity index (χ0) is 12.9. The van der Waals surface area contributed by atoms with Gasteiger partial charge < -0.3 is 10.0 Å². The van der Waals surface area contributed by atoms with Crippen molar-refractivity contribution in [3.8, 4) is 6.07 Å². The number of hydrogen-bond acceptors (Lipinski definition) is 4. The van der Waals surface area contributed by atoms with Crippen LogP contribution in [0.3, 0.4) is 0 Å². The first-order chi connectivity index (χ1) is 7.98. The number of alkyl halides is 3.